The molecule has 7 heteroatoms. The topological polar surface area (TPSA) is 86.8 Å². The van der Waals surface area contributed by atoms with Crippen molar-refractivity contribution in [3.8, 4) is 0 Å². The standard InChI is InChI=1S/C13H21N3O4/c1-5-9(4)14-10(17)7-16-12(19)11(18)15(13(16)20)6-8(2)3/h8-9H,5-7H2,1-4H3,(H,14,17)/t9-/m1/s1. The summed E-state index contributed by atoms with van der Waals surface area (Å²) >= 11 is 0. The van der Waals surface area contributed by atoms with Crippen molar-refractivity contribution in [2.45, 2.75) is 40.2 Å². The summed E-state index contributed by atoms with van der Waals surface area (Å²) in [5, 5.41) is 2.65. The molecule has 0 aromatic carbocycles. The Balaban J connectivity index is 2.72. The molecular weight excluding hydrogens is 262 g/mol. The van der Waals surface area contributed by atoms with Crippen molar-refractivity contribution in [2.75, 3.05) is 13.1 Å². The maximum absolute atomic E-state index is 12.0. The van der Waals surface area contributed by atoms with Gasteiger partial charge in [0.1, 0.15) is 6.54 Å². The second kappa shape index (κ2) is 6.49. The van der Waals surface area contributed by atoms with Gasteiger partial charge in [-0.1, -0.05) is 20.8 Å². The third kappa shape index (κ3) is 3.55. The van der Waals surface area contributed by atoms with Crippen molar-refractivity contribution >= 4 is 23.8 Å². The number of carbonyl (C=O) groups is 4. The number of hydrogen-bond acceptors (Lipinski definition) is 4. The van der Waals surface area contributed by atoms with Gasteiger partial charge in [0.2, 0.25) is 5.91 Å². The first-order valence-corrected chi connectivity index (χ1v) is 6.74. The summed E-state index contributed by atoms with van der Waals surface area (Å²) in [6.45, 7) is 7.16. The first kappa shape index (κ1) is 16.1. The van der Waals surface area contributed by atoms with E-state index in [1.807, 2.05) is 27.7 Å². The number of nitrogens with one attached hydrogen (secondary N) is 1. The van der Waals surface area contributed by atoms with Gasteiger partial charge in [-0.25, -0.2) is 9.69 Å². The zero-order chi connectivity index (χ0) is 15.4. The molecule has 1 saturated heterocycles. The molecule has 0 radical (unpaired) electrons. The summed E-state index contributed by atoms with van der Waals surface area (Å²) in [6.07, 6.45) is 0.742. The minimum atomic E-state index is -0.935. The summed E-state index contributed by atoms with van der Waals surface area (Å²) in [5.74, 6) is -2.18. The lowest BCUT2D eigenvalue weighted by atomic mass is 10.2. The molecule has 1 aliphatic rings. The van der Waals surface area contributed by atoms with Crippen LogP contribution in [0.3, 0.4) is 0 Å². The van der Waals surface area contributed by atoms with Crippen molar-refractivity contribution in [3.63, 3.8) is 0 Å². The lowest BCUT2D eigenvalue weighted by Gasteiger charge is -2.17. The van der Waals surface area contributed by atoms with Gasteiger partial charge >= 0.3 is 17.8 Å². The van der Waals surface area contributed by atoms with E-state index in [0.717, 1.165) is 11.3 Å². The Kier molecular flexibility index (Phi) is 5.24. The van der Waals surface area contributed by atoms with Crippen LogP contribution >= 0.6 is 0 Å². The molecule has 0 aliphatic carbocycles. The minimum absolute atomic E-state index is 0.0437. The molecule has 0 aromatic heterocycles. The van der Waals surface area contributed by atoms with Crippen LogP contribution in [0.2, 0.25) is 0 Å². The van der Waals surface area contributed by atoms with Gasteiger partial charge < -0.3 is 5.32 Å². The van der Waals surface area contributed by atoms with E-state index < -0.39 is 30.3 Å². The number of imide groups is 2. The minimum Gasteiger partial charge on any atom is -0.352 e. The number of carbonyl (C=O) groups excluding carboxylic acids is 4. The molecule has 0 spiro atoms. The largest absolute Gasteiger partial charge is 0.352 e. The first-order chi connectivity index (χ1) is 9.27. The van der Waals surface area contributed by atoms with Crippen molar-refractivity contribution in [1.82, 2.24) is 15.1 Å². The molecular formula is C13H21N3O4. The Hall–Kier alpha value is -1.92. The molecule has 0 saturated carbocycles. The van der Waals surface area contributed by atoms with Crippen molar-refractivity contribution in [1.29, 1.82) is 0 Å². The SMILES string of the molecule is CC[C@@H](C)NC(=O)CN1C(=O)C(=O)N(CC(C)C)C1=O. The quantitative estimate of drug-likeness (QED) is 0.563. The predicted molar refractivity (Wildman–Crippen MR) is 71.6 cm³/mol. The smallest absolute Gasteiger partial charge is 0.334 e. The fourth-order valence-electron chi connectivity index (χ4n) is 1.78. The number of urea groups is 1. The van der Waals surface area contributed by atoms with Gasteiger partial charge in [0, 0.05) is 12.6 Å². The van der Waals surface area contributed by atoms with Gasteiger partial charge in [0.15, 0.2) is 0 Å². The molecule has 7 nitrogen and oxygen atoms in total. The lowest BCUT2D eigenvalue weighted by molar-refractivity contribution is -0.144. The van der Waals surface area contributed by atoms with Crippen LogP contribution in [0.1, 0.15) is 34.1 Å². The second-order valence-corrected chi connectivity index (χ2v) is 5.36. The maximum atomic E-state index is 12.0. The molecule has 1 aliphatic heterocycles. The highest BCUT2D eigenvalue weighted by Crippen LogP contribution is 2.13. The molecule has 1 heterocycles. The van der Waals surface area contributed by atoms with E-state index in [1.54, 1.807) is 0 Å². The molecule has 1 fully saturated rings. The zero-order valence-electron chi connectivity index (χ0n) is 12.3. The molecule has 20 heavy (non-hydrogen) atoms. The van der Waals surface area contributed by atoms with Crippen LogP contribution in [0.15, 0.2) is 0 Å². The zero-order valence-corrected chi connectivity index (χ0v) is 12.3. The Labute approximate surface area is 118 Å². The molecule has 1 N–H and O–H groups in total. The van der Waals surface area contributed by atoms with Gasteiger partial charge in [0.25, 0.3) is 0 Å². The van der Waals surface area contributed by atoms with Gasteiger partial charge in [-0.15, -0.1) is 0 Å². The average molecular weight is 283 g/mol. The number of rotatable bonds is 6. The van der Waals surface area contributed by atoms with Crippen LogP contribution in [0.5, 0.6) is 0 Å². The van der Waals surface area contributed by atoms with E-state index in [9.17, 15) is 19.2 Å². The number of nitrogens with zero attached hydrogens (tertiary/aromatic N) is 2. The Morgan fingerprint density at radius 2 is 1.65 bits per heavy atom. The van der Waals surface area contributed by atoms with Crippen molar-refractivity contribution in [2.24, 2.45) is 5.92 Å². The predicted octanol–water partition coefficient (Wildman–Crippen LogP) is 0.348. The van der Waals surface area contributed by atoms with Crippen LogP contribution in [-0.2, 0) is 14.4 Å². The fourth-order valence-corrected chi connectivity index (χ4v) is 1.78. The molecule has 0 unspecified atom stereocenters. The fraction of sp³-hybridized carbons (Fsp3) is 0.692. The van der Waals surface area contributed by atoms with E-state index in [0.29, 0.717) is 4.90 Å². The van der Waals surface area contributed by atoms with E-state index in [4.69, 9.17) is 0 Å². The van der Waals surface area contributed by atoms with E-state index in [1.165, 1.54) is 0 Å². The first-order valence-electron chi connectivity index (χ1n) is 6.74. The van der Waals surface area contributed by atoms with Gasteiger partial charge in [-0.3, -0.25) is 19.3 Å². The molecule has 1 atom stereocenters. The van der Waals surface area contributed by atoms with Crippen LogP contribution in [-0.4, -0.2) is 52.7 Å². The summed E-state index contributed by atoms with van der Waals surface area (Å²) in [4.78, 5) is 48.7. The second-order valence-electron chi connectivity index (χ2n) is 5.36. The van der Waals surface area contributed by atoms with Crippen LogP contribution in [0.4, 0.5) is 4.79 Å². The Morgan fingerprint density at radius 3 is 2.15 bits per heavy atom. The Morgan fingerprint density at radius 1 is 1.10 bits per heavy atom. The molecule has 112 valence electrons. The van der Waals surface area contributed by atoms with E-state index in [-0.39, 0.29) is 18.5 Å². The van der Waals surface area contributed by atoms with Gasteiger partial charge in [-0.2, -0.15) is 0 Å². The van der Waals surface area contributed by atoms with Crippen LogP contribution in [0.25, 0.3) is 0 Å². The van der Waals surface area contributed by atoms with E-state index in [2.05, 4.69) is 5.32 Å². The highest BCUT2D eigenvalue weighted by molar-refractivity contribution is 6.45. The Bertz CT molecular complexity index is 433. The third-order valence-corrected chi connectivity index (χ3v) is 3.00. The lowest BCUT2D eigenvalue weighted by Crippen LogP contribution is -2.44. The van der Waals surface area contributed by atoms with Crippen LogP contribution in [0, 0.1) is 5.92 Å². The summed E-state index contributed by atoms with van der Waals surface area (Å²) in [6, 6.07) is -0.759. The van der Waals surface area contributed by atoms with Gasteiger partial charge in [-0.05, 0) is 19.3 Å². The molecule has 0 aromatic rings. The number of hydrogen-bond donors (Lipinski definition) is 1. The normalized spacial score (nSPS) is 17.1. The van der Waals surface area contributed by atoms with Crippen LogP contribution < -0.4 is 5.32 Å². The van der Waals surface area contributed by atoms with E-state index >= 15 is 0 Å². The highest BCUT2D eigenvalue weighted by atomic mass is 16.2. The molecule has 5 amide bonds. The third-order valence-electron chi connectivity index (χ3n) is 3.00. The highest BCUT2D eigenvalue weighted by Gasteiger charge is 2.45. The average Bonchev–Trinajstić information content (AvgIpc) is 2.55. The molecule has 0 bridgehead atoms. The summed E-state index contributed by atoms with van der Waals surface area (Å²) in [5.41, 5.74) is 0. The molecule has 1 rings (SSSR count). The summed E-state index contributed by atoms with van der Waals surface area (Å²) < 4.78 is 0. The summed E-state index contributed by atoms with van der Waals surface area (Å²) in [7, 11) is 0. The number of amides is 5. The monoisotopic (exact) mass is 283 g/mol. The maximum Gasteiger partial charge on any atom is 0.334 e. The van der Waals surface area contributed by atoms with Gasteiger partial charge in [0.05, 0.1) is 0 Å². The van der Waals surface area contributed by atoms with Crippen molar-refractivity contribution < 1.29 is 19.2 Å². The van der Waals surface area contributed by atoms with Crippen molar-refractivity contribution in [3.05, 3.63) is 0 Å².